The van der Waals surface area contributed by atoms with E-state index >= 15 is 0 Å². The van der Waals surface area contributed by atoms with Gasteiger partial charge in [0, 0.05) is 13.7 Å². The number of rotatable bonds is 7. The molecule has 19 heavy (non-hydrogen) atoms. The van der Waals surface area contributed by atoms with Crippen LogP contribution in [0, 0.1) is 0 Å². The van der Waals surface area contributed by atoms with Crippen molar-refractivity contribution in [2.24, 2.45) is 5.73 Å². The molecular weight excluding hydrogens is 240 g/mol. The van der Waals surface area contributed by atoms with E-state index in [1.54, 1.807) is 7.11 Å². The summed E-state index contributed by atoms with van der Waals surface area (Å²) < 4.78 is 5.15. The van der Waals surface area contributed by atoms with E-state index in [2.05, 4.69) is 5.32 Å². The molecule has 0 aliphatic heterocycles. The molecule has 1 aromatic carbocycles. The van der Waals surface area contributed by atoms with Gasteiger partial charge in [-0.3, -0.25) is 4.79 Å². The Hall–Kier alpha value is -1.39. The highest BCUT2D eigenvalue weighted by atomic mass is 16.5. The predicted molar refractivity (Wildman–Crippen MR) is 76.5 cm³/mol. The van der Waals surface area contributed by atoms with Gasteiger partial charge in [-0.15, -0.1) is 0 Å². The smallest absolute Gasteiger partial charge is 0.240 e. The standard InChI is InChI=1S/C15H24N2O2/c1-4-15(16,5-2)14(18)17-10-12-8-6-7-9-13(12)11-19-3/h6-9H,4-5,10-11,16H2,1-3H3,(H,17,18). The zero-order valence-corrected chi connectivity index (χ0v) is 12.0. The Kier molecular flexibility index (Phi) is 5.99. The third-order valence-electron chi connectivity index (χ3n) is 3.57. The van der Waals surface area contributed by atoms with E-state index in [0.717, 1.165) is 11.1 Å². The quantitative estimate of drug-likeness (QED) is 0.791. The van der Waals surface area contributed by atoms with Crippen LogP contribution in [-0.4, -0.2) is 18.6 Å². The number of carbonyl (C=O) groups excluding carboxylic acids is 1. The molecule has 1 rings (SSSR count). The van der Waals surface area contributed by atoms with Crippen LogP contribution in [-0.2, 0) is 22.7 Å². The maximum Gasteiger partial charge on any atom is 0.240 e. The maximum absolute atomic E-state index is 12.1. The minimum atomic E-state index is -0.768. The van der Waals surface area contributed by atoms with Crippen molar-refractivity contribution >= 4 is 5.91 Å². The first-order chi connectivity index (χ1) is 9.07. The van der Waals surface area contributed by atoms with Gasteiger partial charge < -0.3 is 15.8 Å². The molecule has 0 saturated heterocycles. The number of hydrogen-bond acceptors (Lipinski definition) is 3. The molecule has 0 atom stereocenters. The average Bonchev–Trinajstić information content (AvgIpc) is 2.45. The second-order valence-electron chi connectivity index (χ2n) is 4.75. The summed E-state index contributed by atoms with van der Waals surface area (Å²) in [7, 11) is 1.66. The van der Waals surface area contributed by atoms with Gasteiger partial charge >= 0.3 is 0 Å². The summed E-state index contributed by atoms with van der Waals surface area (Å²) in [6.07, 6.45) is 1.27. The fraction of sp³-hybridized carbons (Fsp3) is 0.533. The van der Waals surface area contributed by atoms with Crippen molar-refractivity contribution in [3.05, 3.63) is 35.4 Å². The van der Waals surface area contributed by atoms with Crippen LogP contribution in [0.15, 0.2) is 24.3 Å². The van der Waals surface area contributed by atoms with Gasteiger partial charge in [0.15, 0.2) is 0 Å². The minimum Gasteiger partial charge on any atom is -0.380 e. The fourth-order valence-corrected chi connectivity index (χ4v) is 1.95. The van der Waals surface area contributed by atoms with Gasteiger partial charge in [0.25, 0.3) is 0 Å². The van der Waals surface area contributed by atoms with Crippen molar-refractivity contribution in [3.63, 3.8) is 0 Å². The lowest BCUT2D eigenvalue weighted by atomic mass is 9.93. The van der Waals surface area contributed by atoms with Gasteiger partial charge in [-0.25, -0.2) is 0 Å². The molecule has 0 aliphatic rings. The molecule has 0 radical (unpaired) electrons. The zero-order valence-electron chi connectivity index (χ0n) is 12.0. The Labute approximate surface area is 115 Å². The normalized spacial score (nSPS) is 11.4. The Balaban J connectivity index is 2.69. The van der Waals surface area contributed by atoms with Crippen molar-refractivity contribution in [2.45, 2.75) is 45.4 Å². The molecule has 4 heteroatoms. The first kappa shape index (κ1) is 15.7. The molecule has 1 amide bonds. The van der Waals surface area contributed by atoms with Crippen molar-refractivity contribution < 1.29 is 9.53 Å². The molecule has 0 heterocycles. The van der Waals surface area contributed by atoms with Gasteiger partial charge in [-0.1, -0.05) is 38.1 Å². The van der Waals surface area contributed by atoms with Crippen LogP contribution in [0.4, 0.5) is 0 Å². The van der Waals surface area contributed by atoms with Crippen LogP contribution in [0.2, 0.25) is 0 Å². The van der Waals surface area contributed by atoms with Gasteiger partial charge in [0.2, 0.25) is 5.91 Å². The summed E-state index contributed by atoms with van der Waals surface area (Å²) in [6, 6.07) is 7.91. The molecule has 0 aromatic heterocycles. The topological polar surface area (TPSA) is 64.4 Å². The first-order valence-electron chi connectivity index (χ1n) is 6.70. The number of benzene rings is 1. The van der Waals surface area contributed by atoms with E-state index in [4.69, 9.17) is 10.5 Å². The van der Waals surface area contributed by atoms with E-state index in [9.17, 15) is 4.79 Å². The monoisotopic (exact) mass is 264 g/mol. The molecule has 0 saturated carbocycles. The third-order valence-corrected chi connectivity index (χ3v) is 3.57. The summed E-state index contributed by atoms with van der Waals surface area (Å²) in [5, 5.41) is 2.92. The number of carbonyl (C=O) groups is 1. The minimum absolute atomic E-state index is 0.0929. The van der Waals surface area contributed by atoms with E-state index in [0.29, 0.717) is 26.0 Å². The number of nitrogens with two attached hydrogens (primary N) is 1. The summed E-state index contributed by atoms with van der Waals surface area (Å²) in [6.45, 7) is 4.89. The maximum atomic E-state index is 12.1. The lowest BCUT2D eigenvalue weighted by Gasteiger charge is -2.25. The zero-order chi connectivity index (χ0) is 14.3. The van der Waals surface area contributed by atoms with Crippen molar-refractivity contribution in [1.82, 2.24) is 5.32 Å². The van der Waals surface area contributed by atoms with Crippen LogP contribution >= 0.6 is 0 Å². The average molecular weight is 264 g/mol. The van der Waals surface area contributed by atoms with Gasteiger partial charge in [-0.2, -0.15) is 0 Å². The van der Waals surface area contributed by atoms with Crippen LogP contribution in [0.25, 0.3) is 0 Å². The Morgan fingerprint density at radius 1 is 1.26 bits per heavy atom. The highest BCUT2D eigenvalue weighted by Crippen LogP contribution is 2.13. The molecule has 106 valence electrons. The number of hydrogen-bond donors (Lipinski definition) is 2. The predicted octanol–water partition coefficient (Wildman–Crippen LogP) is 1.97. The van der Waals surface area contributed by atoms with E-state index < -0.39 is 5.54 Å². The molecule has 0 unspecified atom stereocenters. The number of nitrogens with one attached hydrogen (secondary N) is 1. The Bertz CT molecular complexity index is 414. The van der Waals surface area contributed by atoms with Gasteiger partial charge in [-0.05, 0) is 24.0 Å². The molecule has 1 aromatic rings. The Morgan fingerprint density at radius 2 is 1.84 bits per heavy atom. The molecular formula is C15H24N2O2. The van der Waals surface area contributed by atoms with Crippen LogP contribution in [0.5, 0.6) is 0 Å². The summed E-state index contributed by atoms with van der Waals surface area (Å²) >= 11 is 0. The number of methoxy groups -OCH3 is 1. The summed E-state index contributed by atoms with van der Waals surface area (Å²) in [5.41, 5.74) is 7.44. The highest BCUT2D eigenvalue weighted by molar-refractivity contribution is 5.85. The lowest BCUT2D eigenvalue weighted by Crippen LogP contribution is -2.52. The van der Waals surface area contributed by atoms with Gasteiger partial charge in [0.1, 0.15) is 0 Å². The molecule has 0 aliphatic carbocycles. The van der Waals surface area contributed by atoms with Crippen molar-refractivity contribution in [3.8, 4) is 0 Å². The van der Waals surface area contributed by atoms with E-state index in [1.165, 1.54) is 0 Å². The largest absolute Gasteiger partial charge is 0.380 e. The lowest BCUT2D eigenvalue weighted by molar-refractivity contribution is -0.126. The second-order valence-corrected chi connectivity index (χ2v) is 4.75. The van der Waals surface area contributed by atoms with Gasteiger partial charge in [0.05, 0.1) is 12.1 Å². The van der Waals surface area contributed by atoms with Crippen LogP contribution in [0.1, 0.15) is 37.8 Å². The molecule has 0 spiro atoms. The molecule has 3 N–H and O–H groups in total. The third kappa shape index (κ3) is 4.04. The Morgan fingerprint density at radius 3 is 2.37 bits per heavy atom. The molecule has 4 nitrogen and oxygen atoms in total. The molecule has 0 bridgehead atoms. The van der Waals surface area contributed by atoms with Crippen molar-refractivity contribution in [2.75, 3.05) is 7.11 Å². The van der Waals surface area contributed by atoms with E-state index in [-0.39, 0.29) is 5.91 Å². The SMILES string of the molecule is CCC(N)(CC)C(=O)NCc1ccccc1COC. The second kappa shape index (κ2) is 7.26. The summed E-state index contributed by atoms with van der Waals surface area (Å²) in [4.78, 5) is 12.1. The number of ether oxygens (including phenoxy) is 1. The van der Waals surface area contributed by atoms with Crippen LogP contribution in [0.3, 0.4) is 0 Å². The number of amides is 1. The van der Waals surface area contributed by atoms with Crippen molar-refractivity contribution in [1.29, 1.82) is 0 Å². The fourth-order valence-electron chi connectivity index (χ4n) is 1.95. The van der Waals surface area contributed by atoms with E-state index in [1.807, 2.05) is 38.1 Å². The highest BCUT2D eigenvalue weighted by Gasteiger charge is 2.29. The molecule has 0 fully saturated rings. The van der Waals surface area contributed by atoms with Crippen LogP contribution < -0.4 is 11.1 Å². The summed E-state index contributed by atoms with van der Waals surface area (Å²) in [5.74, 6) is -0.0929. The first-order valence-corrected chi connectivity index (χ1v) is 6.70.